The molecule has 1 amide bonds. The van der Waals surface area contributed by atoms with Crippen molar-refractivity contribution in [2.45, 2.75) is 58.4 Å². The zero-order valence-electron chi connectivity index (χ0n) is 11.9. The van der Waals surface area contributed by atoms with Gasteiger partial charge >= 0.3 is 5.97 Å². The van der Waals surface area contributed by atoms with Gasteiger partial charge in [-0.15, -0.1) is 0 Å². The lowest BCUT2D eigenvalue weighted by Gasteiger charge is -2.22. The van der Waals surface area contributed by atoms with Crippen LogP contribution in [0.15, 0.2) is 0 Å². The van der Waals surface area contributed by atoms with E-state index in [-0.39, 0.29) is 17.9 Å². The molecule has 2 fully saturated rings. The molecule has 2 aliphatic rings. The molecule has 108 valence electrons. The predicted octanol–water partition coefficient (Wildman–Crippen LogP) is 2.43. The molecular formula is C15H25NO3. The van der Waals surface area contributed by atoms with E-state index in [0.29, 0.717) is 18.3 Å². The van der Waals surface area contributed by atoms with E-state index in [1.165, 1.54) is 0 Å². The fraction of sp³-hybridized carbons (Fsp3) is 0.867. The Kier molecular flexibility index (Phi) is 4.48. The van der Waals surface area contributed by atoms with Crippen molar-refractivity contribution in [3.63, 3.8) is 0 Å². The SMILES string of the molecule is CCC1C[C@H](C(=O)NC2CCCC2C)[C@H](C(=O)O)C1. The summed E-state index contributed by atoms with van der Waals surface area (Å²) in [6.45, 7) is 4.24. The van der Waals surface area contributed by atoms with Crippen molar-refractivity contribution in [1.82, 2.24) is 5.32 Å². The van der Waals surface area contributed by atoms with Crippen LogP contribution in [0.1, 0.15) is 52.4 Å². The third-order valence-electron chi connectivity index (χ3n) is 5.08. The second-order valence-corrected chi connectivity index (χ2v) is 6.32. The zero-order valence-corrected chi connectivity index (χ0v) is 11.9. The molecule has 2 saturated carbocycles. The third-order valence-corrected chi connectivity index (χ3v) is 5.08. The Labute approximate surface area is 115 Å². The molecule has 3 unspecified atom stereocenters. The molecule has 0 bridgehead atoms. The first-order chi connectivity index (χ1) is 9.02. The number of nitrogens with one attached hydrogen (secondary N) is 1. The summed E-state index contributed by atoms with van der Waals surface area (Å²) in [6.07, 6.45) is 5.72. The Morgan fingerprint density at radius 2 is 1.89 bits per heavy atom. The monoisotopic (exact) mass is 267 g/mol. The normalized spacial score (nSPS) is 38.3. The van der Waals surface area contributed by atoms with Gasteiger partial charge in [-0.25, -0.2) is 0 Å². The van der Waals surface area contributed by atoms with E-state index in [1.807, 2.05) is 0 Å². The second kappa shape index (κ2) is 5.93. The Bertz CT molecular complexity index is 355. The molecule has 4 nitrogen and oxygen atoms in total. The molecule has 19 heavy (non-hydrogen) atoms. The van der Waals surface area contributed by atoms with Gasteiger partial charge in [0.25, 0.3) is 0 Å². The van der Waals surface area contributed by atoms with Crippen LogP contribution in [0.2, 0.25) is 0 Å². The average Bonchev–Trinajstić information content (AvgIpc) is 2.96. The summed E-state index contributed by atoms with van der Waals surface area (Å²) in [5, 5.41) is 12.4. The van der Waals surface area contributed by atoms with E-state index in [9.17, 15) is 14.7 Å². The highest BCUT2D eigenvalue weighted by atomic mass is 16.4. The van der Waals surface area contributed by atoms with Gasteiger partial charge in [-0.3, -0.25) is 9.59 Å². The van der Waals surface area contributed by atoms with Crippen LogP contribution in [-0.2, 0) is 9.59 Å². The molecule has 0 radical (unpaired) electrons. The Morgan fingerprint density at radius 1 is 1.21 bits per heavy atom. The highest BCUT2D eigenvalue weighted by Gasteiger charge is 2.42. The Morgan fingerprint density at radius 3 is 2.42 bits per heavy atom. The molecule has 2 aliphatic carbocycles. The van der Waals surface area contributed by atoms with Gasteiger partial charge in [0.2, 0.25) is 5.91 Å². The lowest BCUT2D eigenvalue weighted by atomic mass is 9.94. The predicted molar refractivity (Wildman–Crippen MR) is 72.6 cm³/mol. The number of aliphatic carboxylic acids is 1. The molecule has 0 heterocycles. The van der Waals surface area contributed by atoms with Crippen LogP contribution in [0, 0.1) is 23.7 Å². The van der Waals surface area contributed by atoms with Crippen LogP contribution in [0.4, 0.5) is 0 Å². The molecule has 0 aromatic rings. The van der Waals surface area contributed by atoms with E-state index in [4.69, 9.17) is 0 Å². The molecular weight excluding hydrogens is 242 g/mol. The van der Waals surface area contributed by atoms with Gasteiger partial charge in [-0.1, -0.05) is 26.7 Å². The Hall–Kier alpha value is -1.06. The maximum atomic E-state index is 12.3. The molecule has 0 spiro atoms. The van der Waals surface area contributed by atoms with E-state index in [1.54, 1.807) is 0 Å². The summed E-state index contributed by atoms with van der Waals surface area (Å²) in [5.74, 6) is -0.733. The maximum Gasteiger partial charge on any atom is 0.307 e. The van der Waals surface area contributed by atoms with E-state index >= 15 is 0 Å². The standard InChI is InChI=1S/C15H25NO3/c1-3-10-7-11(12(8-10)15(18)19)14(17)16-13-6-4-5-9(13)2/h9-13H,3-8H2,1-2H3,(H,16,17)(H,18,19)/t9?,10?,11-,12+,13?/m0/s1. The van der Waals surface area contributed by atoms with Gasteiger partial charge in [0.05, 0.1) is 11.8 Å². The second-order valence-electron chi connectivity index (χ2n) is 6.32. The Balaban J connectivity index is 1.98. The van der Waals surface area contributed by atoms with Gasteiger partial charge in [-0.05, 0) is 37.5 Å². The molecule has 0 saturated heterocycles. The average molecular weight is 267 g/mol. The van der Waals surface area contributed by atoms with Crippen LogP contribution >= 0.6 is 0 Å². The minimum absolute atomic E-state index is 0.0258. The van der Waals surface area contributed by atoms with E-state index < -0.39 is 11.9 Å². The topological polar surface area (TPSA) is 66.4 Å². The van der Waals surface area contributed by atoms with Crippen molar-refractivity contribution in [1.29, 1.82) is 0 Å². The number of carbonyl (C=O) groups excluding carboxylic acids is 1. The molecule has 2 N–H and O–H groups in total. The lowest BCUT2D eigenvalue weighted by Crippen LogP contribution is -2.42. The number of amides is 1. The van der Waals surface area contributed by atoms with Gasteiger partial charge in [0.1, 0.15) is 0 Å². The van der Waals surface area contributed by atoms with Crippen LogP contribution in [-0.4, -0.2) is 23.0 Å². The highest BCUT2D eigenvalue weighted by molar-refractivity contribution is 5.85. The van der Waals surface area contributed by atoms with Gasteiger partial charge in [0, 0.05) is 6.04 Å². The number of carboxylic acid groups (broad SMARTS) is 1. The number of hydrogen-bond donors (Lipinski definition) is 2. The van der Waals surface area contributed by atoms with Gasteiger partial charge in [0.15, 0.2) is 0 Å². The number of hydrogen-bond acceptors (Lipinski definition) is 2. The van der Waals surface area contributed by atoms with Crippen molar-refractivity contribution in [2.75, 3.05) is 0 Å². The smallest absolute Gasteiger partial charge is 0.307 e. The van der Waals surface area contributed by atoms with Crippen LogP contribution < -0.4 is 5.32 Å². The summed E-state index contributed by atoms with van der Waals surface area (Å²) in [7, 11) is 0. The first kappa shape index (κ1) is 14.4. The van der Waals surface area contributed by atoms with Crippen molar-refractivity contribution in [3.05, 3.63) is 0 Å². The van der Waals surface area contributed by atoms with E-state index in [0.717, 1.165) is 32.1 Å². The zero-order chi connectivity index (χ0) is 14.0. The molecule has 0 aliphatic heterocycles. The van der Waals surface area contributed by atoms with Crippen LogP contribution in [0.25, 0.3) is 0 Å². The third kappa shape index (κ3) is 3.10. The number of carbonyl (C=O) groups is 2. The van der Waals surface area contributed by atoms with Crippen LogP contribution in [0.3, 0.4) is 0 Å². The quantitative estimate of drug-likeness (QED) is 0.822. The van der Waals surface area contributed by atoms with Crippen molar-refractivity contribution in [3.8, 4) is 0 Å². The minimum atomic E-state index is -0.810. The molecule has 0 aromatic carbocycles. The first-order valence-electron chi connectivity index (χ1n) is 7.56. The van der Waals surface area contributed by atoms with Crippen molar-refractivity contribution in [2.24, 2.45) is 23.7 Å². The first-order valence-corrected chi connectivity index (χ1v) is 7.56. The molecule has 2 rings (SSSR count). The van der Waals surface area contributed by atoms with Crippen LogP contribution in [0.5, 0.6) is 0 Å². The maximum absolute atomic E-state index is 12.3. The van der Waals surface area contributed by atoms with Gasteiger partial charge < -0.3 is 10.4 Å². The molecule has 0 aromatic heterocycles. The number of carboxylic acids is 1. The highest BCUT2D eigenvalue weighted by Crippen LogP contribution is 2.39. The molecule has 4 heteroatoms. The minimum Gasteiger partial charge on any atom is -0.481 e. The van der Waals surface area contributed by atoms with Crippen molar-refractivity contribution < 1.29 is 14.7 Å². The van der Waals surface area contributed by atoms with Gasteiger partial charge in [-0.2, -0.15) is 0 Å². The molecule has 5 atom stereocenters. The lowest BCUT2D eigenvalue weighted by molar-refractivity contribution is -0.146. The summed E-state index contributed by atoms with van der Waals surface area (Å²) in [6, 6.07) is 0.252. The summed E-state index contributed by atoms with van der Waals surface area (Å²) in [5.41, 5.74) is 0. The summed E-state index contributed by atoms with van der Waals surface area (Å²) < 4.78 is 0. The van der Waals surface area contributed by atoms with E-state index in [2.05, 4.69) is 19.2 Å². The number of rotatable bonds is 4. The summed E-state index contributed by atoms with van der Waals surface area (Å²) >= 11 is 0. The van der Waals surface area contributed by atoms with Crippen molar-refractivity contribution >= 4 is 11.9 Å². The largest absolute Gasteiger partial charge is 0.481 e. The summed E-state index contributed by atoms with van der Waals surface area (Å²) in [4.78, 5) is 23.6. The fourth-order valence-corrected chi connectivity index (χ4v) is 3.69. The fourth-order valence-electron chi connectivity index (χ4n) is 3.69.